The zero-order chi connectivity index (χ0) is 25.2. The van der Waals surface area contributed by atoms with Crippen molar-refractivity contribution in [1.82, 2.24) is 14.5 Å². The summed E-state index contributed by atoms with van der Waals surface area (Å²) < 4.78 is 12.9. The van der Waals surface area contributed by atoms with Gasteiger partial charge in [-0.05, 0) is 24.6 Å². The fraction of sp³-hybridized carbons (Fsp3) is 0.304. The summed E-state index contributed by atoms with van der Waals surface area (Å²) in [4.78, 5) is 49.1. The minimum Gasteiger partial charge on any atom is -0.504 e. The Bertz CT molecular complexity index is 1420. The first kappa shape index (κ1) is 24.4. The molecular weight excluding hydrogens is 446 g/mol. The van der Waals surface area contributed by atoms with Gasteiger partial charge in [-0.25, -0.2) is 4.79 Å². The number of aryl methyl sites for hydroxylation is 1. The average Bonchev–Trinajstić information content (AvgIpc) is 2.80. The van der Waals surface area contributed by atoms with Crippen molar-refractivity contribution in [2.24, 2.45) is 14.1 Å². The van der Waals surface area contributed by atoms with Crippen LogP contribution in [0.1, 0.15) is 35.1 Å². The molecular formula is C23H25N3O8. The molecule has 2 heterocycles. The van der Waals surface area contributed by atoms with Crippen LogP contribution in [-0.2, 0) is 25.4 Å². The highest BCUT2D eigenvalue weighted by Crippen LogP contribution is 2.37. The molecule has 1 atom stereocenters. The van der Waals surface area contributed by atoms with Gasteiger partial charge in [0.2, 0.25) is 17.1 Å². The number of phenols is 1. The number of benzene rings is 1. The molecule has 3 N–H and O–H groups in total. The number of nitrogens with zero attached hydrogens (tertiary/aromatic N) is 2. The van der Waals surface area contributed by atoms with E-state index in [9.17, 15) is 29.4 Å². The number of aromatic hydroxyl groups is 2. The van der Waals surface area contributed by atoms with Gasteiger partial charge in [0, 0.05) is 38.3 Å². The van der Waals surface area contributed by atoms with Crippen molar-refractivity contribution >= 4 is 5.91 Å². The molecule has 0 aliphatic rings. The van der Waals surface area contributed by atoms with Gasteiger partial charge < -0.3 is 24.7 Å². The number of hydrogen-bond donors (Lipinski definition) is 3. The summed E-state index contributed by atoms with van der Waals surface area (Å²) in [6, 6.07) is 6.72. The van der Waals surface area contributed by atoms with Crippen molar-refractivity contribution in [3.8, 4) is 17.2 Å². The van der Waals surface area contributed by atoms with Gasteiger partial charge in [-0.2, -0.15) is 0 Å². The summed E-state index contributed by atoms with van der Waals surface area (Å²) in [5, 5.41) is 23.0. The zero-order valence-electron chi connectivity index (χ0n) is 19.1. The molecule has 11 nitrogen and oxygen atoms in total. The number of methoxy groups -OCH3 is 1. The topological polar surface area (TPSA) is 153 Å². The summed E-state index contributed by atoms with van der Waals surface area (Å²) in [6.07, 6.45) is -0.257. The molecule has 34 heavy (non-hydrogen) atoms. The Morgan fingerprint density at radius 2 is 1.82 bits per heavy atom. The number of hydrogen-bond acceptors (Lipinski definition) is 8. The Kier molecular flexibility index (Phi) is 6.94. The van der Waals surface area contributed by atoms with Crippen LogP contribution in [0.3, 0.4) is 0 Å². The lowest BCUT2D eigenvalue weighted by Crippen LogP contribution is -2.39. The van der Waals surface area contributed by atoms with Crippen LogP contribution < -0.4 is 26.7 Å². The van der Waals surface area contributed by atoms with Gasteiger partial charge in [0.05, 0.1) is 19.6 Å². The Labute approximate surface area is 193 Å². The van der Waals surface area contributed by atoms with Crippen molar-refractivity contribution in [2.45, 2.75) is 25.8 Å². The Morgan fingerprint density at radius 1 is 1.12 bits per heavy atom. The van der Waals surface area contributed by atoms with Crippen molar-refractivity contribution < 1.29 is 24.2 Å². The summed E-state index contributed by atoms with van der Waals surface area (Å²) in [6.45, 7) is 1.44. The van der Waals surface area contributed by atoms with Crippen molar-refractivity contribution in [2.75, 3.05) is 7.11 Å². The van der Waals surface area contributed by atoms with Crippen LogP contribution in [0.5, 0.6) is 17.2 Å². The lowest BCUT2D eigenvalue weighted by Gasteiger charge is -2.19. The second-order valence-corrected chi connectivity index (χ2v) is 7.77. The normalized spacial score (nSPS) is 11.8. The van der Waals surface area contributed by atoms with Gasteiger partial charge in [0.25, 0.3) is 5.56 Å². The molecule has 0 bridgehead atoms. The second kappa shape index (κ2) is 9.69. The van der Waals surface area contributed by atoms with Crippen LogP contribution in [0.2, 0.25) is 0 Å². The predicted molar refractivity (Wildman–Crippen MR) is 121 cm³/mol. The van der Waals surface area contributed by atoms with Crippen LogP contribution in [0, 0.1) is 6.92 Å². The van der Waals surface area contributed by atoms with E-state index in [0.717, 1.165) is 10.6 Å². The maximum atomic E-state index is 12.9. The molecule has 1 aromatic carbocycles. The average molecular weight is 471 g/mol. The summed E-state index contributed by atoms with van der Waals surface area (Å²) in [5.74, 6) is -1.92. The Balaban J connectivity index is 1.95. The number of nitrogens with one attached hydrogen (secondary N) is 1. The third-order valence-electron chi connectivity index (χ3n) is 5.48. The first-order valence-corrected chi connectivity index (χ1v) is 10.3. The molecule has 3 aromatic rings. The number of phenolic OH excluding ortho intramolecular Hbond substituents is 1. The number of rotatable bonds is 7. The van der Waals surface area contributed by atoms with E-state index in [0.29, 0.717) is 11.3 Å². The zero-order valence-corrected chi connectivity index (χ0v) is 19.1. The molecule has 1 amide bonds. The van der Waals surface area contributed by atoms with E-state index >= 15 is 0 Å². The van der Waals surface area contributed by atoms with Gasteiger partial charge in [-0.3, -0.25) is 23.5 Å². The molecule has 11 heteroatoms. The van der Waals surface area contributed by atoms with E-state index in [1.54, 1.807) is 0 Å². The summed E-state index contributed by atoms with van der Waals surface area (Å²) in [7, 11) is 4.19. The fourth-order valence-electron chi connectivity index (χ4n) is 3.53. The van der Waals surface area contributed by atoms with Gasteiger partial charge in [0.1, 0.15) is 5.76 Å². The maximum absolute atomic E-state index is 12.9. The quantitative estimate of drug-likeness (QED) is 0.453. The van der Waals surface area contributed by atoms with E-state index in [1.807, 2.05) is 0 Å². The van der Waals surface area contributed by atoms with Crippen LogP contribution in [0.4, 0.5) is 0 Å². The van der Waals surface area contributed by atoms with Crippen LogP contribution >= 0.6 is 0 Å². The van der Waals surface area contributed by atoms with Gasteiger partial charge in [-0.15, -0.1) is 0 Å². The predicted octanol–water partition coefficient (Wildman–Crippen LogP) is 0.604. The number of carbonyl (C=O) groups excluding carboxylic acids is 1. The largest absolute Gasteiger partial charge is 0.504 e. The minimum atomic E-state index is -0.908. The molecule has 1 unspecified atom stereocenters. The molecule has 0 fully saturated rings. The third kappa shape index (κ3) is 4.87. The molecule has 180 valence electrons. The number of amides is 1. The van der Waals surface area contributed by atoms with Crippen LogP contribution in [-0.4, -0.2) is 32.4 Å². The van der Waals surface area contributed by atoms with Crippen molar-refractivity contribution in [3.63, 3.8) is 0 Å². The van der Waals surface area contributed by atoms with Gasteiger partial charge in [0.15, 0.2) is 17.3 Å². The Morgan fingerprint density at radius 3 is 2.50 bits per heavy atom. The minimum absolute atomic E-state index is 0.101. The molecule has 0 saturated carbocycles. The highest BCUT2D eigenvalue weighted by atomic mass is 16.5. The van der Waals surface area contributed by atoms with E-state index in [1.165, 1.54) is 57.0 Å². The monoisotopic (exact) mass is 471 g/mol. The first-order valence-electron chi connectivity index (χ1n) is 10.3. The van der Waals surface area contributed by atoms with E-state index < -0.39 is 34.3 Å². The summed E-state index contributed by atoms with van der Waals surface area (Å²) in [5.41, 5.74) is -0.959. The highest BCUT2D eigenvalue weighted by molar-refractivity contribution is 5.77. The fourth-order valence-corrected chi connectivity index (χ4v) is 3.53. The van der Waals surface area contributed by atoms with Crippen molar-refractivity contribution in [3.05, 3.63) is 84.2 Å². The lowest BCUT2D eigenvalue weighted by atomic mass is 9.91. The number of carbonyl (C=O) groups is 1. The van der Waals surface area contributed by atoms with Gasteiger partial charge in [-0.1, -0.05) is 6.07 Å². The SMILES string of the molecule is COc1cc(C(CC(=O)NCc2cc(=O)n(C)c(=O)n2C)c2oc(C)cc(=O)c2O)ccc1O. The molecule has 0 spiro atoms. The second-order valence-electron chi connectivity index (χ2n) is 7.77. The smallest absolute Gasteiger partial charge is 0.330 e. The highest BCUT2D eigenvalue weighted by Gasteiger charge is 2.27. The summed E-state index contributed by atoms with van der Waals surface area (Å²) >= 11 is 0. The molecule has 3 rings (SSSR count). The van der Waals surface area contributed by atoms with Crippen LogP contribution in [0.15, 0.2) is 49.1 Å². The number of aromatic nitrogens is 2. The number of ether oxygens (including phenoxy) is 1. The van der Waals surface area contributed by atoms with E-state index in [-0.39, 0.29) is 36.0 Å². The van der Waals surface area contributed by atoms with Crippen LogP contribution in [0.25, 0.3) is 0 Å². The first-order chi connectivity index (χ1) is 16.0. The molecule has 0 saturated heterocycles. The maximum Gasteiger partial charge on any atom is 0.330 e. The molecule has 0 aliphatic carbocycles. The molecule has 2 aromatic heterocycles. The molecule has 0 aliphatic heterocycles. The molecule has 0 radical (unpaired) electrons. The Hall–Kier alpha value is -4.28. The van der Waals surface area contributed by atoms with Gasteiger partial charge >= 0.3 is 5.69 Å². The third-order valence-corrected chi connectivity index (χ3v) is 5.48. The lowest BCUT2D eigenvalue weighted by molar-refractivity contribution is -0.121. The standard InChI is InChI=1S/C23H25N3O8/c1-12-7-17(28)21(31)22(34-12)15(13-5-6-16(27)18(8-13)33-4)10-19(29)24-11-14-9-20(30)26(3)23(32)25(14)2/h5-9,15,27,31H,10-11H2,1-4H3,(H,24,29). The van der Waals surface area contributed by atoms with Crippen molar-refractivity contribution in [1.29, 1.82) is 0 Å². The van der Waals surface area contributed by atoms with E-state index in [2.05, 4.69) is 5.32 Å². The van der Waals surface area contributed by atoms with E-state index in [4.69, 9.17) is 9.15 Å².